The van der Waals surface area contributed by atoms with Crippen molar-refractivity contribution >= 4 is 45.7 Å². The van der Waals surface area contributed by atoms with Crippen molar-refractivity contribution in [1.82, 2.24) is 9.88 Å². The summed E-state index contributed by atoms with van der Waals surface area (Å²) >= 11 is 0. The number of hydrogen-bond acceptors (Lipinski definition) is 3. The molecule has 218 valence electrons. The van der Waals surface area contributed by atoms with Crippen molar-refractivity contribution in [1.29, 1.82) is 0 Å². The lowest BCUT2D eigenvalue weighted by molar-refractivity contribution is 0.0677. The van der Waals surface area contributed by atoms with Crippen LogP contribution in [-0.4, -0.2) is 46.6 Å². The molecule has 1 amide bonds. The second-order valence-corrected chi connectivity index (χ2v) is 11.4. The van der Waals surface area contributed by atoms with Gasteiger partial charge in [-0.1, -0.05) is 85.8 Å². The van der Waals surface area contributed by atoms with Crippen LogP contribution in [0.1, 0.15) is 63.7 Å². The Balaban J connectivity index is 1.19. The van der Waals surface area contributed by atoms with Gasteiger partial charge in [-0.25, -0.2) is 4.79 Å². The number of para-hydroxylation sites is 1. The van der Waals surface area contributed by atoms with Crippen LogP contribution in [0.15, 0.2) is 84.9 Å². The summed E-state index contributed by atoms with van der Waals surface area (Å²) in [6.07, 6.45) is 7.41. The lowest BCUT2D eigenvalue weighted by Gasteiger charge is -2.31. The van der Waals surface area contributed by atoms with Crippen LogP contribution in [0, 0.1) is 5.92 Å². The number of H-pyrrole nitrogens is 1. The van der Waals surface area contributed by atoms with Crippen LogP contribution in [0.5, 0.6) is 5.75 Å². The van der Waals surface area contributed by atoms with Gasteiger partial charge in [-0.15, -0.1) is 0 Å². The minimum Gasteiger partial charge on any atom is -0.493 e. The third kappa shape index (κ3) is 6.19. The fourth-order valence-electron chi connectivity index (χ4n) is 6.15. The predicted octanol–water partition coefficient (Wildman–Crippen LogP) is 8.07. The number of aryl methyl sites for hydroxylation is 1. The molecule has 6 rings (SSSR count). The Labute approximate surface area is 251 Å². The Morgan fingerprint density at radius 1 is 0.977 bits per heavy atom. The molecule has 2 heterocycles. The summed E-state index contributed by atoms with van der Waals surface area (Å²) in [6, 6.07) is 27.7. The normalized spacial score (nSPS) is 15.4. The van der Waals surface area contributed by atoms with E-state index in [-0.39, 0.29) is 11.6 Å². The van der Waals surface area contributed by atoms with E-state index in [1.807, 2.05) is 89.8 Å². The lowest BCUT2D eigenvalue weighted by atomic mass is 9.99. The minimum absolute atomic E-state index is 0.0773. The molecule has 0 spiro atoms. The van der Waals surface area contributed by atoms with Crippen LogP contribution in [-0.2, 0) is 6.42 Å². The first-order chi connectivity index (χ1) is 21.0. The van der Waals surface area contributed by atoms with Gasteiger partial charge in [0, 0.05) is 29.4 Å². The Hall–Kier alpha value is -4.84. The molecule has 0 radical (unpaired) electrons. The Morgan fingerprint density at radius 2 is 1.77 bits per heavy atom. The second kappa shape index (κ2) is 12.6. The number of likely N-dealkylation sites (tertiary alicyclic amines) is 1. The Morgan fingerprint density at radius 3 is 2.63 bits per heavy atom. The van der Waals surface area contributed by atoms with Crippen LogP contribution in [0.4, 0.5) is 0 Å². The average molecular weight is 573 g/mol. The van der Waals surface area contributed by atoms with E-state index in [4.69, 9.17) is 4.74 Å². The van der Waals surface area contributed by atoms with Gasteiger partial charge in [-0.3, -0.25) is 4.79 Å². The van der Waals surface area contributed by atoms with Gasteiger partial charge >= 0.3 is 5.97 Å². The summed E-state index contributed by atoms with van der Waals surface area (Å²) in [7, 11) is 0. The van der Waals surface area contributed by atoms with Crippen LogP contribution in [0.25, 0.3) is 33.8 Å². The quantitative estimate of drug-likeness (QED) is 0.138. The lowest BCUT2D eigenvalue weighted by Crippen LogP contribution is -2.39. The fraction of sp³-hybridized carbons (Fsp3) is 0.243. The number of piperidine rings is 1. The number of fused-ring (bicyclic) bond motifs is 2. The van der Waals surface area contributed by atoms with Crippen LogP contribution < -0.4 is 4.74 Å². The summed E-state index contributed by atoms with van der Waals surface area (Å²) in [5.74, 6) is 0.460. The van der Waals surface area contributed by atoms with Gasteiger partial charge in [-0.2, -0.15) is 0 Å². The van der Waals surface area contributed by atoms with E-state index in [1.54, 1.807) is 0 Å². The van der Waals surface area contributed by atoms with Crippen molar-refractivity contribution in [3.8, 4) is 5.75 Å². The Kier molecular flexibility index (Phi) is 8.27. The maximum atomic E-state index is 13.1. The number of ether oxygens (including phenoxy) is 1. The van der Waals surface area contributed by atoms with E-state index < -0.39 is 5.97 Å². The van der Waals surface area contributed by atoms with Gasteiger partial charge in [-0.05, 0) is 71.9 Å². The van der Waals surface area contributed by atoms with Crippen LogP contribution in [0.3, 0.4) is 0 Å². The predicted molar refractivity (Wildman–Crippen MR) is 173 cm³/mol. The molecule has 1 aromatic heterocycles. The molecule has 43 heavy (non-hydrogen) atoms. The molecule has 0 bridgehead atoms. The van der Waals surface area contributed by atoms with Gasteiger partial charge in [0.1, 0.15) is 11.4 Å². The van der Waals surface area contributed by atoms with Crippen LogP contribution >= 0.6 is 0 Å². The van der Waals surface area contributed by atoms with Crippen molar-refractivity contribution < 1.29 is 19.4 Å². The molecule has 5 aromatic rings. The van der Waals surface area contributed by atoms with Crippen molar-refractivity contribution in [2.45, 2.75) is 32.6 Å². The highest BCUT2D eigenvalue weighted by Crippen LogP contribution is 2.29. The molecule has 6 heteroatoms. The van der Waals surface area contributed by atoms with Gasteiger partial charge in [0.15, 0.2) is 0 Å². The molecule has 1 unspecified atom stereocenters. The number of amides is 1. The van der Waals surface area contributed by atoms with E-state index >= 15 is 0 Å². The minimum atomic E-state index is -0.977. The zero-order valence-electron chi connectivity index (χ0n) is 24.4. The van der Waals surface area contributed by atoms with E-state index in [0.29, 0.717) is 30.9 Å². The molecule has 1 aliphatic rings. The maximum Gasteiger partial charge on any atom is 0.352 e. The third-order valence-corrected chi connectivity index (χ3v) is 8.30. The van der Waals surface area contributed by atoms with Gasteiger partial charge in [0.25, 0.3) is 5.91 Å². The van der Waals surface area contributed by atoms with Gasteiger partial charge in [0.05, 0.1) is 12.1 Å². The smallest absolute Gasteiger partial charge is 0.352 e. The highest BCUT2D eigenvalue weighted by atomic mass is 16.5. The average Bonchev–Trinajstić information content (AvgIpc) is 3.41. The topological polar surface area (TPSA) is 82.6 Å². The van der Waals surface area contributed by atoms with E-state index in [9.17, 15) is 14.7 Å². The number of carbonyl (C=O) groups is 2. The molecular weight excluding hydrogens is 536 g/mol. The molecule has 1 fully saturated rings. The molecule has 2 N–H and O–H groups in total. The monoisotopic (exact) mass is 572 g/mol. The molecule has 1 aliphatic heterocycles. The number of carboxylic acids is 1. The number of nitrogens with zero attached hydrogens (tertiary/aromatic N) is 1. The molecule has 4 aromatic carbocycles. The zero-order valence-corrected chi connectivity index (χ0v) is 24.4. The number of carboxylic acid groups (broad SMARTS) is 1. The zero-order chi connectivity index (χ0) is 29.8. The maximum absolute atomic E-state index is 13.1. The number of rotatable bonds is 9. The number of carbonyl (C=O) groups excluding carboxylic acids is 1. The largest absolute Gasteiger partial charge is 0.493 e. The SMILES string of the molecule is CC1CCCN(C(=O)c2cccc(/C=C/c3cccc4c(CCCOc5cccc6ccccc56)c(C(=O)O)[nH]c34)c2)C1. The number of hydrogen-bond donors (Lipinski definition) is 2. The van der Waals surface area contributed by atoms with Crippen molar-refractivity contribution in [3.05, 3.63) is 113 Å². The summed E-state index contributed by atoms with van der Waals surface area (Å²) in [6.45, 7) is 4.28. The van der Waals surface area contributed by atoms with Gasteiger partial charge < -0.3 is 19.7 Å². The number of aromatic nitrogens is 1. The van der Waals surface area contributed by atoms with Crippen molar-refractivity contribution in [2.24, 2.45) is 5.92 Å². The number of benzene rings is 4. The summed E-state index contributed by atoms with van der Waals surface area (Å²) in [5.41, 5.74) is 4.28. The highest BCUT2D eigenvalue weighted by Gasteiger charge is 2.22. The third-order valence-electron chi connectivity index (χ3n) is 8.30. The number of nitrogens with one attached hydrogen (secondary N) is 1. The first-order valence-corrected chi connectivity index (χ1v) is 15.0. The number of aromatic carboxylic acids is 1. The van der Waals surface area contributed by atoms with Crippen molar-refractivity contribution in [3.63, 3.8) is 0 Å². The summed E-state index contributed by atoms with van der Waals surface area (Å²) in [5, 5.41) is 13.1. The van der Waals surface area contributed by atoms with E-state index in [0.717, 1.165) is 63.6 Å². The second-order valence-electron chi connectivity index (χ2n) is 11.4. The molecule has 1 saturated heterocycles. The standard InChI is InChI=1S/C37H36N2O4/c1-25-9-7-21-39(24-25)36(40)29-14-4-10-26(23-29)19-20-28-13-5-16-31-32(35(37(41)42)38-34(28)31)17-8-22-43-33-18-6-12-27-11-2-3-15-30(27)33/h2-6,10-16,18-20,23,25,38H,7-9,17,21-22,24H2,1H3,(H,41,42)/b20-19+. The molecule has 0 saturated carbocycles. The molecular formula is C37H36N2O4. The molecule has 0 aliphatic carbocycles. The summed E-state index contributed by atoms with van der Waals surface area (Å²) in [4.78, 5) is 30.5. The molecule has 6 nitrogen and oxygen atoms in total. The van der Waals surface area contributed by atoms with E-state index in [1.165, 1.54) is 6.42 Å². The first kappa shape index (κ1) is 28.3. The van der Waals surface area contributed by atoms with Gasteiger partial charge in [0.2, 0.25) is 0 Å². The molecule has 1 atom stereocenters. The van der Waals surface area contributed by atoms with Crippen LogP contribution in [0.2, 0.25) is 0 Å². The van der Waals surface area contributed by atoms with E-state index in [2.05, 4.69) is 24.0 Å². The highest BCUT2D eigenvalue weighted by molar-refractivity contribution is 6.01. The first-order valence-electron chi connectivity index (χ1n) is 15.0. The van der Waals surface area contributed by atoms with Crippen molar-refractivity contribution in [2.75, 3.05) is 19.7 Å². The number of aromatic amines is 1. The fourth-order valence-corrected chi connectivity index (χ4v) is 6.15. The summed E-state index contributed by atoms with van der Waals surface area (Å²) < 4.78 is 6.12. The Bertz CT molecular complexity index is 1810.